The second-order valence-electron chi connectivity index (χ2n) is 3.88. The van der Waals surface area contributed by atoms with Crippen LogP contribution < -0.4 is 5.32 Å². The van der Waals surface area contributed by atoms with Crippen molar-refractivity contribution in [2.75, 3.05) is 13.2 Å². The molecular weight excluding hydrogens is 214 g/mol. The number of carboxylic acid groups (broad SMARTS) is 1. The second kappa shape index (κ2) is 6.67. The van der Waals surface area contributed by atoms with Gasteiger partial charge in [-0.05, 0) is 26.2 Å². The maximum atomic E-state index is 10.5. The predicted octanol–water partition coefficient (Wildman–Crippen LogP) is 0.547. The number of ether oxygens (including phenoxy) is 2. The Morgan fingerprint density at radius 3 is 2.88 bits per heavy atom. The Morgan fingerprint density at radius 1 is 1.62 bits per heavy atom. The van der Waals surface area contributed by atoms with Crippen molar-refractivity contribution in [1.29, 1.82) is 0 Å². The standard InChI is InChI=1S/C10H19NO5/c1-7(8(6-12)11-10(13)14)16-9-4-2-3-5-15-9/h7-9,11-12H,2-6H2,1H3,(H,13,14)/t7-,8-,9?/m0/s1. The van der Waals surface area contributed by atoms with Crippen LogP contribution in [0.25, 0.3) is 0 Å². The lowest BCUT2D eigenvalue weighted by atomic mass is 10.1. The molecule has 0 aromatic carbocycles. The summed E-state index contributed by atoms with van der Waals surface area (Å²) in [6.45, 7) is 2.10. The zero-order chi connectivity index (χ0) is 12.0. The van der Waals surface area contributed by atoms with Crippen molar-refractivity contribution in [1.82, 2.24) is 5.32 Å². The molecule has 0 aromatic rings. The summed E-state index contributed by atoms with van der Waals surface area (Å²) in [5.74, 6) is 0. The Labute approximate surface area is 94.5 Å². The summed E-state index contributed by atoms with van der Waals surface area (Å²) in [5.41, 5.74) is 0. The first kappa shape index (κ1) is 13.2. The van der Waals surface area contributed by atoms with Crippen molar-refractivity contribution in [3.05, 3.63) is 0 Å². The molecule has 0 spiro atoms. The molecule has 1 aliphatic rings. The lowest BCUT2D eigenvalue weighted by molar-refractivity contribution is -0.191. The average molecular weight is 233 g/mol. The molecule has 6 nitrogen and oxygen atoms in total. The Morgan fingerprint density at radius 2 is 2.38 bits per heavy atom. The normalized spacial score (nSPS) is 24.8. The average Bonchev–Trinajstić information content (AvgIpc) is 2.26. The van der Waals surface area contributed by atoms with Crippen molar-refractivity contribution in [2.45, 2.75) is 44.6 Å². The first-order valence-electron chi connectivity index (χ1n) is 5.51. The van der Waals surface area contributed by atoms with Gasteiger partial charge in [-0.1, -0.05) is 0 Å². The van der Waals surface area contributed by atoms with Crippen LogP contribution >= 0.6 is 0 Å². The maximum Gasteiger partial charge on any atom is 0.405 e. The molecule has 1 saturated heterocycles. The van der Waals surface area contributed by atoms with Gasteiger partial charge in [-0.3, -0.25) is 0 Å². The molecule has 1 heterocycles. The van der Waals surface area contributed by atoms with E-state index in [9.17, 15) is 4.79 Å². The van der Waals surface area contributed by atoms with Crippen molar-refractivity contribution < 1.29 is 24.5 Å². The highest BCUT2D eigenvalue weighted by atomic mass is 16.7. The Hall–Kier alpha value is -0.850. The van der Waals surface area contributed by atoms with E-state index in [4.69, 9.17) is 19.7 Å². The minimum Gasteiger partial charge on any atom is -0.465 e. The fourth-order valence-corrected chi connectivity index (χ4v) is 1.62. The lowest BCUT2D eigenvalue weighted by Gasteiger charge is -2.29. The van der Waals surface area contributed by atoms with Gasteiger partial charge in [0.15, 0.2) is 6.29 Å². The molecule has 3 atom stereocenters. The van der Waals surface area contributed by atoms with Gasteiger partial charge >= 0.3 is 6.09 Å². The molecule has 6 heteroatoms. The molecule has 1 unspecified atom stereocenters. The molecule has 1 rings (SSSR count). The zero-order valence-electron chi connectivity index (χ0n) is 9.39. The van der Waals surface area contributed by atoms with Crippen LogP contribution in [-0.2, 0) is 9.47 Å². The molecule has 1 aliphatic heterocycles. The van der Waals surface area contributed by atoms with E-state index < -0.39 is 18.2 Å². The second-order valence-corrected chi connectivity index (χ2v) is 3.88. The van der Waals surface area contributed by atoms with Gasteiger partial charge in [0.25, 0.3) is 0 Å². The van der Waals surface area contributed by atoms with Gasteiger partial charge in [0.05, 0.1) is 18.8 Å². The van der Waals surface area contributed by atoms with Gasteiger partial charge in [0, 0.05) is 6.61 Å². The molecule has 0 aliphatic carbocycles. The molecule has 1 amide bonds. The number of hydrogen-bond donors (Lipinski definition) is 3. The lowest BCUT2D eigenvalue weighted by Crippen LogP contribution is -2.46. The largest absolute Gasteiger partial charge is 0.465 e. The van der Waals surface area contributed by atoms with Gasteiger partial charge in [0.2, 0.25) is 0 Å². The van der Waals surface area contributed by atoms with Crippen LogP contribution in [-0.4, -0.2) is 48.0 Å². The fraction of sp³-hybridized carbons (Fsp3) is 0.900. The number of amides is 1. The minimum absolute atomic E-state index is 0.284. The fourth-order valence-electron chi connectivity index (χ4n) is 1.62. The zero-order valence-corrected chi connectivity index (χ0v) is 9.39. The van der Waals surface area contributed by atoms with E-state index in [1.807, 2.05) is 0 Å². The highest BCUT2D eigenvalue weighted by Gasteiger charge is 2.24. The van der Waals surface area contributed by atoms with Gasteiger partial charge in [-0.25, -0.2) is 4.79 Å². The third-order valence-electron chi connectivity index (χ3n) is 2.58. The van der Waals surface area contributed by atoms with Crippen LogP contribution in [0.1, 0.15) is 26.2 Å². The summed E-state index contributed by atoms with van der Waals surface area (Å²) in [6, 6.07) is -0.622. The van der Waals surface area contributed by atoms with Crippen molar-refractivity contribution in [3.63, 3.8) is 0 Å². The molecule has 94 valence electrons. The van der Waals surface area contributed by atoms with E-state index in [0.717, 1.165) is 19.3 Å². The molecule has 16 heavy (non-hydrogen) atoms. The van der Waals surface area contributed by atoms with Crippen molar-refractivity contribution >= 4 is 6.09 Å². The van der Waals surface area contributed by atoms with Crippen LogP contribution in [0.15, 0.2) is 0 Å². The summed E-state index contributed by atoms with van der Waals surface area (Å²) >= 11 is 0. The third kappa shape index (κ3) is 4.34. The van der Waals surface area contributed by atoms with E-state index in [1.165, 1.54) is 0 Å². The Balaban J connectivity index is 2.35. The molecule has 0 aromatic heterocycles. The van der Waals surface area contributed by atoms with Gasteiger partial charge < -0.3 is 25.0 Å². The van der Waals surface area contributed by atoms with E-state index in [0.29, 0.717) is 6.61 Å². The summed E-state index contributed by atoms with van der Waals surface area (Å²) in [4.78, 5) is 10.5. The van der Waals surface area contributed by atoms with Gasteiger partial charge in [-0.2, -0.15) is 0 Å². The summed E-state index contributed by atoms with van der Waals surface area (Å²) < 4.78 is 10.9. The molecular formula is C10H19NO5. The third-order valence-corrected chi connectivity index (χ3v) is 2.58. The molecule has 0 radical (unpaired) electrons. The van der Waals surface area contributed by atoms with Crippen molar-refractivity contribution in [3.8, 4) is 0 Å². The molecule has 0 saturated carbocycles. The van der Waals surface area contributed by atoms with Crippen LogP contribution in [0.5, 0.6) is 0 Å². The molecule has 0 bridgehead atoms. The van der Waals surface area contributed by atoms with Crippen LogP contribution in [0.3, 0.4) is 0 Å². The minimum atomic E-state index is -1.17. The monoisotopic (exact) mass is 233 g/mol. The summed E-state index contributed by atoms with van der Waals surface area (Å²) in [6.07, 6.45) is 1.03. The topological polar surface area (TPSA) is 88.0 Å². The quantitative estimate of drug-likeness (QED) is 0.645. The molecule has 3 N–H and O–H groups in total. The van der Waals surface area contributed by atoms with E-state index >= 15 is 0 Å². The summed E-state index contributed by atoms with van der Waals surface area (Å²) in [7, 11) is 0. The number of nitrogens with one attached hydrogen (secondary N) is 1. The van der Waals surface area contributed by atoms with E-state index in [2.05, 4.69) is 5.32 Å². The van der Waals surface area contributed by atoms with E-state index in [-0.39, 0.29) is 12.9 Å². The number of aliphatic hydroxyl groups excluding tert-OH is 1. The van der Waals surface area contributed by atoms with Crippen LogP contribution in [0.2, 0.25) is 0 Å². The highest BCUT2D eigenvalue weighted by molar-refractivity contribution is 5.64. The number of carbonyl (C=O) groups is 1. The van der Waals surface area contributed by atoms with Crippen molar-refractivity contribution in [2.24, 2.45) is 0 Å². The molecule has 1 fully saturated rings. The first-order valence-corrected chi connectivity index (χ1v) is 5.51. The predicted molar refractivity (Wildman–Crippen MR) is 56.2 cm³/mol. The van der Waals surface area contributed by atoms with Gasteiger partial charge in [-0.15, -0.1) is 0 Å². The SMILES string of the molecule is C[C@H](OC1CCCCO1)[C@H](CO)NC(=O)O. The maximum absolute atomic E-state index is 10.5. The first-order chi connectivity index (χ1) is 7.63. The Kier molecular flexibility index (Phi) is 5.51. The van der Waals surface area contributed by atoms with Gasteiger partial charge in [0.1, 0.15) is 0 Å². The smallest absolute Gasteiger partial charge is 0.405 e. The number of aliphatic hydroxyl groups is 1. The highest BCUT2D eigenvalue weighted by Crippen LogP contribution is 2.16. The Bertz CT molecular complexity index is 217. The van der Waals surface area contributed by atoms with E-state index in [1.54, 1.807) is 6.92 Å². The number of hydrogen-bond acceptors (Lipinski definition) is 4. The summed E-state index contributed by atoms with van der Waals surface area (Å²) in [5, 5.41) is 19.8. The van der Waals surface area contributed by atoms with Crippen LogP contribution in [0, 0.1) is 0 Å². The number of rotatable bonds is 5. The van der Waals surface area contributed by atoms with Crippen LogP contribution in [0.4, 0.5) is 4.79 Å².